The summed E-state index contributed by atoms with van der Waals surface area (Å²) in [5, 5.41) is 153. The standard InChI is InChI=1S/C24H40O5.3C24H40O4.C24H40O3/c1-13(4-7-21(28)29)16-5-6-17-22-18(12-20(27)24(16,17)3)23(2)9-8-15(25)10-14(23)11-19(22)26;1-14(4-9-22(27)28)18-7-8-19-17-6-5-15-12-16(25)10-11-23(15,2)20(17)13-21(26)24(18,19)3;2*1-14(4-7-21(27)28)17-5-6-18-22-19(9-11-24(17,18)3)23(2)10-8-16(25)12-15(23)13-20(22)26;1-15(4-9-22(26)27)19-7-8-20-18-6-5-16-14-17(25)10-12-23(16,2)21(18)11-13-24(19,20)3/h13-20,22,25-27H,4-12H2,1-3H3,(H,28,29);14-21,25-26H,4-13H2,1-3H3,(H,27,28);2*14-20,22,25-26H,4-13H2,1-3H3,(H,27,28);15-21,25H,4-14H2,1-3H3,(H,26,27)/t13?,14?,15?,16-,17?,18?,19?,20?,22?,23+,24-;14?,15?,16?,17?,18-,19?,20?,21?,23+,24-;2*14?,15?,16?,17-,18?,19?,20?,22?,23+,24-;15?,16?,17?,18?,19-,20?,21?,23+,24-/m11111/s1. The minimum absolute atomic E-state index is 0.0561. The number of fused-ring (bicyclic) bond motifs is 25. The second kappa shape index (κ2) is 42.3. The Morgan fingerprint density at radius 2 is 0.450 bits per heavy atom. The summed E-state index contributed by atoms with van der Waals surface area (Å²) >= 11 is 0. The van der Waals surface area contributed by atoms with Crippen molar-refractivity contribution in [2.45, 2.75) is 486 Å². The van der Waals surface area contributed by atoms with Crippen molar-refractivity contribution in [2.24, 2.45) is 232 Å². The fourth-order valence-electron chi connectivity index (χ4n) is 43.6. The smallest absolute Gasteiger partial charge is 0.303 e. The van der Waals surface area contributed by atoms with Crippen molar-refractivity contribution >= 4 is 29.8 Å². The molecule has 20 saturated carbocycles. The number of rotatable bonds is 20. The summed E-state index contributed by atoms with van der Waals surface area (Å²) in [7, 11) is 0. The van der Waals surface area contributed by atoms with E-state index in [1.54, 1.807) is 0 Å². The average Bonchev–Trinajstić information content (AvgIpc) is 1.48. The van der Waals surface area contributed by atoms with E-state index in [1.165, 1.54) is 116 Å². The zero-order valence-electron chi connectivity index (χ0n) is 89.7. The Morgan fingerprint density at radius 1 is 0.221 bits per heavy atom. The average molecular weight is 1960 g/mol. The quantitative estimate of drug-likeness (QED) is 0.0538. The topological polar surface area (TPSA) is 389 Å². The molecule has 0 aliphatic heterocycles. The second-order valence-corrected chi connectivity index (χ2v) is 56.7. The van der Waals surface area contributed by atoms with Crippen LogP contribution in [0.3, 0.4) is 0 Å². The van der Waals surface area contributed by atoms with Crippen molar-refractivity contribution in [3.8, 4) is 0 Å². The third-order valence-corrected chi connectivity index (χ3v) is 51.3. The maximum Gasteiger partial charge on any atom is 0.303 e. The summed E-state index contributed by atoms with van der Waals surface area (Å²) in [6.07, 6.45) is 46.1. The monoisotopic (exact) mass is 1960 g/mol. The normalized spacial score (nSPS) is 51.7. The molecule has 140 heavy (non-hydrogen) atoms. The van der Waals surface area contributed by atoms with Gasteiger partial charge in [0.2, 0.25) is 0 Å². The molecule has 0 aromatic heterocycles. The van der Waals surface area contributed by atoms with Crippen LogP contribution in [0.25, 0.3) is 0 Å². The number of carbonyl (C=O) groups is 5. The highest BCUT2D eigenvalue weighted by Crippen LogP contribution is 2.76. The van der Waals surface area contributed by atoms with Crippen LogP contribution in [0.2, 0.25) is 0 Å². The summed E-state index contributed by atoms with van der Waals surface area (Å²) in [4.78, 5) is 55.3. The molecule has 0 heterocycles. The van der Waals surface area contributed by atoms with Crippen LogP contribution in [0.4, 0.5) is 0 Å². The van der Waals surface area contributed by atoms with Crippen LogP contribution in [0.1, 0.15) is 425 Å². The molecule has 20 aliphatic rings. The van der Waals surface area contributed by atoms with Gasteiger partial charge in [-0.2, -0.15) is 0 Å². The fourth-order valence-corrected chi connectivity index (χ4v) is 43.6. The number of aliphatic hydroxyl groups is 10. The van der Waals surface area contributed by atoms with E-state index in [2.05, 4.69) is 104 Å². The van der Waals surface area contributed by atoms with Gasteiger partial charge in [-0.15, -0.1) is 0 Å². The molecule has 20 rings (SSSR count). The number of carboxylic acid groups (broad SMARTS) is 5. The lowest BCUT2D eigenvalue weighted by Gasteiger charge is -2.63. The van der Waals surface area contributed by atoms with Crippen LogP contribution >= 0.6 is 0 Å². The highest BCUT2D eigenvalue weighted by molar-refractivity contribution is 5.68. The number of aliphatic carboxylic acids is 5. The lowest BCUT2D eigenvalue weighted by Crippen LogP contribution is -2.62. The molecule has 0 amide bonds. The Labute approximate surface area is 843 Å². The van der Waals surface area contributed by atoms with Crippen LogP contribution in [0, 0.1) is 232 Å². The van der Waals surface area contributed by atoms with E-state index in [9.17, 15) is 75.0 Å². The van der Waals surface area contributed by atoms with Crippen LogP contribution in [0.15, 0.2) is 0 Å². The van der Waals surface area contributed by atoms with E-state index >= 15 is 0 Å². The van der Waals surface area contributed by atoms with Gasteiger partial charge >= 0.3 is 29.8 Å². The van der Waals surface area contributed by atoms with Crippen molar-refractivity contribution < 1.29 is 101 Å². The molecular formula is C120H200O20. The van der Waals surface area contributed by atoms with Gasteiger partial charge in [0, 0.05) is 32.1 Å². The Kier molecular flexibility index (Phi) is 33.1. The van der Waals surface area contributed by atoms with E-state index in [-0.39, 0.29) is 136 Å². The summed E-state index contributed by atoms with van der Waals surface area (Å²) in [6, 6.07) is 0. The molecule has 800 valence electrons. The van der Waals surface area contributed by atoms with Crippen molar-refractivity contribution in [2.75, 3.05) is 0 Å². The molecule has 0 radical (unpaired) electrons. The molecule has 0 saturated heterocycles. The Balaban J connectivity index is 0.000000126. The Hall–Kier alpha value is -3.05. The third kappa shape index (κ3) is 19.9. The van der Waals surface area contributed by atoms with Crippen molar-refractivity contribution in [1.82, 2.24) is 0 Å². The van der Waals surface area contributed by atoms with Crippen LogP contribution in [0.5, 0.6) is 0 Å². The summed E-state index contributed by atoms with van der Waals surface area (Å²) in [5.41, 5.74) is 2.00. The zero-order valence-corrected chi connectivity index (χ0v) is 89.7. The second-order valence-electron chi connectivity index (χ2n) is 56.7. The van der Waals surface area contributed by atoms with Gasteiger partial charge in [-0.3, -0.25) is 24.0 Å². The molecule has 35 unspecified atom stereocenters. The van der Waals surface area contributed by atoms with Gasteiger partial charge in [0.25, 0.3) is 0 Å². The molecule has 0 spiro atoms. The minimum Gasteiger partial charge on any atom is -0.481 e. The largest absolute Gasteiger partial charge is 0.481 e. The lowest BCUT2D eigenvalue weighted by atomic mass is 9.43. The number of aliphatic hydroxyl groups excluding tert-OH is 10. The first-order valence-corrected chi connectivity index (χ1v) is 58.7. The maximum absolute atomic E-state index is 11.5. The molecular weight excluding hydrogens is 1760 g/mol. The van der Waals surface area contributed by atoms with E-state index < -0.39 is 36.0 Å². The lowest BCUT2D eigenvalue weighted by molar-refractivity contribution is -0.207. The van der Waals surface area contributed by atoms with E-state index in [1.807, 2.05) is 0 Å². The predicted octanol–water partition coefficient (Wildman–Crippen LogP) is 22.4. The number of carboxylic acids is 5. The Morgan fingerprint density at radius 3 is 0.800 bits per heavy atom. The van der Waals surface area contributed by atoms with Gasteiger partial charge in [-0.05, 0) is 521 Å². The summed E-state index contributed by atoms with van der Waals surface area (Å²) in [6.45, 7) is 35.5. The highest BCUT2D eigenvalue weighted by atomic mass is 16.4. The first-order valence-electron chi connectivity index (χ1n) is 58.7. The van der Waals surface area contributed by atoms with Gasteiger partial charge in [0.15, 0.2) is 0 Å². The van der Waals surface area contributed by atoms with Crippen molar-refractivity contribution in [3.63, 3.8) is 0 Å². The van der Waals surface area contributed by atoms with Gasteiger partial charge in [-0.1, -0.05) is 104 Å². The van der Waals surface area contributed by atoms with Crippen molar-refractivity contribution in [3.05, 3.63) is 0 Å². The SMILES string of the molecule is CC(CCC(=O)O)[C@H]1CCC2C3C(O)CC4CC(O)CC[C@]4(C)C3CC(O)[C@@]21C.CC(CCC(=O)O)[C@H]1CCC2C3C(O)CC4CC(O)CC[C@]4(C)C3CC[C@@]21C.CC(CCC(=O)O)[C@H]1CCC2C3C(O)CC4CC(O)CC[C@]4(C)C3CC[C@@]21C.CC(CCC(=O)O)[C@H]1CCC2C3CCC4CC(O)CC[C@]4(C)C3CC(O)[C@@]21C.CC(CCC(=O)O)[C@H]1CCC2C3CCC4CC(O)CC[C@]4(C)C3CC[C@@]21C. The molecule has 0 bridgehead atoms. The molecule has 0 aromatic carbocycles. The van der Waals surface area contributed by atoms with Crippen LogP contribution < -0.4 is 0 Å². The summed E-state index contributed by atoms with van der Waals surface area (Å²) in [5.74, 6) is 12.2. The van der Waals surface area contributed by atoms with E-state index in [0.29, 0.717) is 166 Å². The van der Waals surface area contributed by atoms with Crippen LogP contribution in [-0.2, 0) is 24.0 Å². The number of hydrogen-bond acceptors (Lipinski definition) is 15. The maximum atomic E-state index is 11.5. The molecule has 20 fully saturated rings. The van der Waals surface area contributed by atoms with Gasteiger partial charge in [0.05, 0.1) is 61.0 Å². The molecule has 20 heteroatoms. The first kappa shape index (κ1) is 110. The molecule has 20 aliphatic carbocycles. The predicted molar refractivity (Wildman–Crippen MR) is 543 cm³/mol. The summed E-state index contributed by atoms with van der Waals surface area (Å²) < 4.78 is 0. The fraction of sp³-hybridized carbons (Fsp3) is 0.958. The Bertz CT molecular complexity index is 4120. The minimum atomic E-state index is -0.748. The first-order chi connectivity index (χ1) is 65.8. The molecule has 15 N–H and O–H groups in total. The van der Waals surface area contributed by atoms with Crippen molar-refractivity contribution in [1.29, 1.82) is 0 Å². The van der Waals surface area contributed by atoms with Gasteiger partial charge < -0.3 is 76.6 Å². The molecule has 20 nitrogen and oxygen atoms in total. The van der Waals surface area contributed by atoms with Gasteiger partial charge in [-0.25, -0.2) is 0 Å². The molecule has 50 atom stereocenters. The zero-order chi connectivity index (χ0) is 101. The number of hydrogen-bond donors (Lipinski definition) is 15. The van der Waals surface area contributed by atoms with E-state index in [4.69, 9.17) is 25.5 Å². The van der Waals surface area contributed by atoms with Crippen LogP contribution in [-0.4, -0.2) is 167 Å². The highest BCUT2D eigenvalue weighted by Gasteiger charge is 2.71. The third-order valence-electron chi connectivity index (χ3n) is 51.3. The van der Waals surface area contributed by atoms with E-state index in [0.717, 1.165) is 191 Å². The van der Waals surface area contributed by atoms with Gasteiger partial charge in [0.1, 0.15) is 0 Å². The molecule has 0 aromatic rings.